The molecule has 0 saturated heterocycles. The van der Waals surface area contributed by atoms with E-state index in [9.17, 15) is 5.11 Å². The number of rotatable bonds is 2. The maximum Gasteiger partial charge on any atom is 0.0881 e. The highest BCUT2D eigenvalue weighted by atomic mass is 16.3. The molecular weight excluding hydrogens is 256 g/mol. The maximum atomic E-state index is 10.7. The molecule has 0 spiro atoms. The normalized spacial score (nSPS) is 22.3. The SMILES string of the molecule is CC1(C)C=C(c2ccccc2)/C(=C/c2ccccc2)C1O. The van der Waals surface area contributed by atoms with Crippen molar-refractivity contribution in [3.05, 3.63) is 83.4 Å². The molecule has 1 atom stereocenters. The van der Waals surface area contributed by atoms with Crippen LogP contribution < -0.4 is 0 Å². The first-order valence-corrected chi connectivity index (χ1v) is 7.31. The Kier molecular flexibility index (Phi) is 3.52. The molecule has 1 aliphatic rings. The second kappa shape index (κ2) is 5.34. The average Bonchev–Trinajstić information content (AvgIpc) is 2.73. The lowest BCUT2D eigenvalue weighted by Crippen LogP contribution is -2.23. The molecule has 1 aliphatic carbocycles. The minimum atomic E-state index is -0.479. The minimum absolute atomic E-state index is 0.244. The van der Waals surface area contributed by atoms with E-state index < -0.39 is 6.10 Å². The van der Waals surface area contributed by atoms with E-state index in [1.165, 1.54) is 0 Å². The predicted octanol–water partition coefficient (Wildman–Crippen LogP) is 4.55. The Labute approximate surface area is 126 Å². The molecule has 0 saturated carbocycles. The van der Waals surface area contributed by atoms with Crippen molar-refractivity contribution >= 4 is 11.6 Å². The summed E-state index contributed by atoms with van der Waals surface area (Å²) in [5, 5.41) is 10.7. The van der Waals surface area contributed by atoms with Crippen LogP contribution in [-0.2, 0) is 0 Å². The lowest BCUT2D eigenvalue weighted by atomic mass is 9.88. The molecule has 0 aliphatic heterocycles. The molecule has 0 heterocycles. The topological polar surface area (TPSA) is 20.2 Å². The van der Waals surface area contributed by atoms with Crippen LogP contribution in [0.1, 0.15) is 25.0 Å². The summed E-state index contributed by atoms with van der Waals surface area (Å²) in [7, 11) is 0. The molecule has 1 N–H and O–H groups in total. The van der Waals surface area contributed by atoms with Crippen LogP contribution in [-0.4, -0.2) is 11.2 Å². The molecule has 0 radical (unpaired) electrons. The zero-order valence-electron chi connectivity index (χ0n) is 12.5. The number of hydrogen-bond donors (Lipinski definition) is 1. The Morgan fingerprint density at radius 1 is 0.905 bits per heavy atom. The van der Waals surface area contributed by atoms with Crippen LogP contribution in [0.2, 0.25) is 0 Å². The maximum absolute atomic E-state index is 10.7. The first kappa shape index (κ1) is 13.8. The van der Waals surface area contributed by atoms with Crippen LogP contribution in [0.3, 0.4) is 0 Å². The minimum Gasteiger partial charge on any atom is -0.388 e. The Morgan fingerprint density at radius 2 is 1.48 bits per heavy atom. The summed E-state index contributed by atoms with van der Waals surface area (Å²) < 4.78 is 0. The summed E-state index contributed by atoms with van der Waals surface area (Å²) in [5.74, 6) is 0. The number of aliphatic hydroxyl groups excluding tert-OH is 1. The number of benzene rings is 2. The Bertz CT molecular complexity index is 678. The summed E-state index contributed by atoms with van der Waals surface area (Å²) in [6.45, 7) is 4.15. The Morgan fingerprint density at radius 3 is 2.10 bits per heavy atom. The molecule has 0 fully saturated rings. The molecule has 2 aromatic carbocycles. The van der Waals surface area contributed by atoms with Gasteiger partial charge in [0.2, 0.25) is 0 Å². The van der Waals surface area contributed by atoms with Gasteiger partial charge in [-0.05, 0) is 28.3 Å². The molecule has 21 heavy (non-hydrogen) atoms. The molecule has 0 aromatic heterocycles. The van der Waals surface area contributed by atoms with E-state index in [0.29, 0.717) is 0 Å². The van der Waals surface area contributed by atoms with Crippen molar-refractivity contribution in [1.82, 2.24) is 0 Å². The third kappa shape index (κ3) is 2.70. The quantitative estimate of drug-likeness (QED) is 0.853. The number of aliphatic hydroxyl groups is 1. The van der Waals surface area contributed by atoms with Crippen molar-refractivity contribution in [2.24, 2.45) is 5.41 Å². The van der Waals surface area contributed by atoms with Crippen LogP contribution in [0, 0.1) is 5.41 Å². The van der Waals surface area contributed by atoms with E-state index in [2.05, 4.69) is 50.3 Å². The molecule has 1 nitrogen and oxygen atoms in total. The molecule has 2 aromatic rings. The third-order valence-electron chi connectivity index (χ3n) is 4.03. The second-order valence-electron chi connectivity index (χ2n) is 6.16. The van der Waals surface area contributed by atoms with Crippen molar-refractivity contribution in [1.29, 1.82) is 0 Å². The van der Waals surface area contributed by atoms with Gasteiger partial charge in [-0.2, -0.15) is 0 Å². The molecular formula is C20H20O. The Balaban J connectivity index is 2.09. The van der Waals surface area contributed by atoms with Gasteiger partial charge in [0.1, 0.15) is 0 Å². The molecule has 0 bridgehead atoms. The van der Waals surface area contributed by atoms with Gasteiger partial charge in [0.25, 0.3) is 0 Å². The van der Waals surface area contributed by atoms with Crippen molar-refractivity contribution in [3.63, 3.8) is 0 Å². The van der Waals surface area contributed by atoms with Gasteiger partial charge in [0, 0.05) is 5.41 Å². The van der Waals surface area contributed by atoms with Gasteiger partial charge in [-0.15, -0.1) is 0 Å². The van der Waals surface area contributed by atoms with Crippen LogP contribution in [0.25, 0.3) is 11.6 Å². The fourth-order valence-electron chi connectivity index (χ4n) is 2.84. The molecule has 1 unspecified atom stereocenters. The summed E-state index contributed by atoms with van der Waals surface area (Å²) >= 11 is 0. The van der Waals surface area contributed by atoms with Crippen LogP contribution in [0.15, 0.2) is 72.3 Å². The summed E-state index contributed by atoms with van der Waals surface area (Å²) in [6.07, 6.45) is 3.80. The third-order valence-corrected chi connectivity index (χ3v) is 4.03. The first-order chi connectivity index (χ1) is 10.1. The van der Waals surface area contributed by atoms with Crippen molar-refractivity contribution in [2.45, 2.75) is 20.0 Å². The second-order valence-corrected chi connectivity index (χ2v) is 6.16. The van der Waals surface area contributed by atoms with Gasteiger partial charge in [0.15, 0.2) is 0 Å². The smallest absolute Gasteiger partial charge is 0.0881 e. The zero-order chi connectivity index (χ0) is 14.9. The molecule has 0 amide bonds. The van der Waals surface area contributed by atoms with Gasteiger partial charge < -0.3 is 5.11 Å². The highest BCUT2D eigenvalue weighted by Gasteiger charge is 2.37. The lowest BCUT2D eigenvalue weighted by Gasteiger charge is -2.22. The predicted molar refractivity (Wildman–Crippen MR) is 88.6 cm³/mol. The van der Waals surface area contributed by atoms with Crippen molar-refractivity contribution in [3.8, 4) is 0 Å². The van der Waals surface area contributed by atoms with Crippen LogP contribution >= 0.6 is 0 Å². The van der Waals surface area contributed by atoms with Crippen molar-refractivity contribution in [2.75, 3.05) is 0 Å². The summed E-state index contributed by atoms with van der Waals surface area (Å²) in [5.41, 5.74) is 4.16. The molecule has 1 heteroatoms. The van der Waals surface area contributed by atoms with Gasteiger partial charge in [-0.25, -0.2) is 0 Å². The van der Waals surface area contributed by atoms with E-state index in [-0.39, 0.29) is 5.41 Å². The van der Waals surface area contributed by atoms with E-state index in [4.69, 9.17) is 0 Å². The summed E-state index contributed by atoms with van der Waals surface area (Å²) in [4.78, 5) is 0. The van der Waals surface area contributed by atoms with Gasteiger partial charge in [0.05, 0.1) is 6.10 Å². The van der Waals surface area contributed by atoms with Crippen LogP contribution in [0.5, 0.6) is 0 Å². The largest absolute Gasteiger partial charge is 0.388 e. The fourth-order valence-corrected chi connectivity index (χ4v) is 2.84. The summed E-state index contributed by atoms with van der Waals surface area (Å²) in [6, 6.07) is 20.4. The van der Waals surface area contributed by atoms with Crippen LogP contribution in [0.4, 0.5) is 0 Å². The van der Waals surface area contributed by atoms with E-state index in [0.717, 1.165) is 22.3 Å². The Hall–Kier alpha value is -2.12. The van der Waals surface area contributed by atoms with Gasteiger partial charge >= 0.3 is 0 Å². The standard InChI is InChI=1S/C20H20O/c1-20(2)14-18(16-11-7-4-8-12-16)17(19(20)21)13-15-9-5-3-6-10-15/h3-14,19,21H,1-2H3/b17-13-. The fraction of sp³-hybridized carbons (Fsp3) is 0.200. The lowest BCUT2D eigenvalue weighted by molar-refractivity contribution is 0.128. The monoisotopic (exact) mass is 276 g/mol. The van der Waals surface area contributed by atoms with Gasteiger partial charge in [-0.3, -0.25) is 0 Å². The van der Waals surface area contributed by atoms with E-state index in [1.54, 1.807) is 0 Å². The number of hydrogen-bond acceptors (Lipinski definition) is 1. The van der Waals surface area contributed by atoms with E-state index >= 15 is 0 Å². The molecule has 3 rings (SSSR count). The first-order valence-electron chi connectivity index (χ1n) is 7.31. The van der Waals surface area contributed by atoms with Gasteiger partial charge in [-0.1, -0.05) is 80.6 Å². The zero-order valence-corrected chi connectivity index (χ0v) is 12.5. The van der Waals surface area contributed by atoms with Crippen molar-refractivity contribution < 1.29 is 5.11 Å². The van der Waals surface area contributed by atoms with E-state index in [1.807, 2.05) is 36.4 Å². The molecule has 106 valence electrons. The highest BCUT2D eigenvalue weighted by Crippen LogP contribution is 2.44. The average molecular weight is 276 g/mol. The highest BCUT2D eigenvalue weighted by molar-refractivity contribution is 5.88.